The SMILES string of the molecule is CC(C)C[C@H](N)C(=O)NCC1(C2CC2)CC1. The van der Waals surface area contributed by atoms with Crippen molar-refractivity contribution in [3.05, 3.63) is 0 Å². The van der Waals surface area contributed by atoms with Crippen LogP contribution in [0.5, 0.6) is 0 Å². The summed E-state index contributed by atoms with van der Waals surface area (Å²) in [4.78, 5) is 11.8. The summed E-state index contributed by atoms with van der Waals surface area (Å²) in [5.74, 6) is 1.42. The van der Waals surface area contributed by atoms with Gasteiger partial charge in [0, 0.05) is 6.54 Å². The molecule has 0 aromatic rings. The molecule has 0 heterocycles. The molecule has 16 heavy (non-hydrogen) atoms. The minimum Gasteiger partial charge on any atom is -0.354 e. The fraction of sp³-hybridized carbons (Fsp3) is 0.923. The maximum atomic E-state index is 11.8. The number of amides is 1. The first-order valence-electron chi connectivity index (χ1n) is 6.57. The molecular weight excluding hydrogens is 200 g/mol. The molecule has 0 aliphatic heterocycles. The highest BCUT2D eigenvalue weighted by Gasteiger charge is 2.53. The van der Waals surface area contributed by atoms with Gasteiger partial charge in [-0.2, -0.15) is 0 Å². The average Bonchev–Trinajstić information content (AvgIpc) is 3.03. The van der Waals surface area contributed by atoms with Gasteiger partial charge in [0.15, 0.2) is 0 Å². The monoisotopic (exact) mass is 224 g/mol. The van der Waals surface area contributed by atoms with E-state index < -0.39 is 0 Å². The van der Waals surface area contributed by atoms with E-state index in [0.717, 1.165) is 18.9 Å². The van der Waals surface area contributed by atoms with Crippen molar-refractivity contribution in [3.8, 4) is 0 Å². The molecule has 1 amide bonds. The van der Waals surface area contributed by atoms with Crippen molar-refractivity contribution in [3.63, 3.8) is 0 Å². The van der Waals surface area contributed by atoms with E-state index in [9.17, 15) is 4.79 Å². The molecular formula is C13H24N2O. The van der Waals surface area contributed by atoms with E-state index in [1.165, 1.54) is 25.7 Å². The molecule has 3 heteroatoms. The summed E-state index contributed by atoms with van der Waals surface area (Å²) < 4.78 is 0. The Hall–Kier alpha value is -0.570. The van der Waals surface area contributed by atoms with E-state index in [1.807, 2.05) is 0 Å². The third-order valence-corrected chi connectivity index (χ3v) is 4.01. The van der Waals surface area contributed by atoms with Crippen LogP contribution >= 0.6 is 0 Å². The van der Waals surface area contributed by atoms with Gasteiger partial charge in [-0.05, 0) is 49.4 Å². The van der Waals surface area contributed by atoms with Gasteiger partial charge in [-0.25, -0.2) is 0 Å². The molecule has 0 spiro atoms. The van der Waals surface area contributed by atoms with Crippen LogP contribution in [-0.2, 0) is 4.79 Å². The van der Waals surface area contributed by atoms with Crippen LogP contribution in [0.2, 0.25) is 0 Å². The standard InChI is InChI=1S/C13H24N2O/c1-9(2)7-11(14)12(16)15-8-13(5-6-13)10-3-4-10/h9-11H,3-8,14H2,1-2H3,(H,15,16)/t11-/m0/s1. The van der Waals surface area contributed by atoms with E-state index in [2.05, 4.69) is 19.2 Å². The predicted octanol–water partition coefficient (Wildman–Crippen LogP) is 1.67. The Morgan fingerprint density at radius 1 is 1.44 bits per heavy atom. The van der Waals surface area contributed by atoms with Crippen molar-refractivity contribution in [1.82, 2.24) is 5.32 Å². The van der Waals surface area contributed by atoms with E-state index in [4.69, 9.17) is 5.73 Å². The number of carbonyl (C=O) groups is 1. The molecule has 2 rings (SSSR count). The summed E-state index contributed by atoms with van der Waals surface area (Å²) in [5, 5.41) is 3.05. The summed E-state index contributed by atoms with van der Waals surface area (Å²) in [6.45, 7) is 5.06. The van der Waals surface area contributed by atoms with Gasteiger partial charge in [0.25, 0.3) is 0 Å². The molecule has 0 radical (unpaired) electrons. The summed E-state index contributed by atoms with van der Waals surface area (Å²) in [7, 11) is 0. The van der Waals surface area contributed by atoms with E-state index in [0.29, 0.717) is 11.3 Å². The Balaban J connectivity index is 1.71. The Morgan fingerprint density at radius 3 is 2.50 bits per heavy atom. The van der Waals surface area contributed by atoms with Crippen molar-refractivity contribution in [1.29, 1.82) is 0 Å². The largest absolute Gasteiger partial charge is 0.354 e. The predicted molar refractivity (Wildman–Crippen MR) is 64.8 cm³/mol. The fourth-order valence-electron chi connectivity index (χ4n) is 2.59. The van der Waals surface area contributed by atoms with Crippen LogP contribution in [0.1, 0.15) is 46.0 Å². The number of rotatable bonds is 6. The zero-order valence-corrected chi connectivity index (χ0v) is 10.5. The van der Waals surface area contributed by atoms with Gasteiger partial charge in [0.05, 0.1) is 6.04 Å². The first-order chi connectivity index (χ1) is 7.53. The Labute approximate surface area is 98.2 Å². The van der Waals surface area contributed by atoms with Crippen LogP contribution in [0.3, 0.4) is 0 Å². The number of hydrogen-bond donors (Lipinski definition) is 2. The number of hydrogen-bond acceptors (Lipinski definition) is 2. The maximum absolute atomic E-state index is 11.8. The van der Waals surface area contributed by atoms with Crippen molar-refractivity contribution in [2.45, 2.75) is 52.0 Å². The molecule has 1 atom stereocenters. The quantitative estimate of drug-likeness (QED) is 0.721. The maximum Gasteiger partial charge on any atom is 0.236 e. The summed E-state index contributed by atoms with van der Waals surface area (Å²) in [6.07, 6.45) is 6.12. The van der Waals surface area contributed by atoms with E-state index in [-0.39, 0.29) is 11.9 Å². The molecule has 0 aromatic heterocycles. The Kier molecular flexibility index (Phi) is 3.24. The summed E-state index contributed by atoms with van der Waals surface area (Å²) in [5.41, 5.74) is 6.33. The summed E-state index contributed by atoms with van der Waals surface area (Å²) in [6, 6.07) is -0.324. The van der Waals surface area contributed by atoms with E-state index >= 15 is 0 Å². The third kappa shape index (κ3) is 2.76. The lowest BCUT2D eigenvalue weighted by Gasteiger charge is -2.18. The molecule has 3 nitrogen and oxygen atoms in total. The average molecular weight is 224 g/mol. The first-order valence-corrected chi connectivity index (χ1v) is 6.57. The Morgan fingerprint density at radius 2 is 2.06 bits per heavy atom. The fourth-order valence-corrected chi connectivity index (χ4v) is 2.59. The molecule has 2 saturated carbocycles. The highest BCUT2D eigenvalue weighted by molar-refractivity contribution is 5.81. The van der Waals surface area contributed by atoms with E-state index in [1.54, 1.807) is 0 Å². The van der Waals surface area contributed by atoms with Crippen LogP contribution < -0.4 is 11.1 Å². The lowest BCUT2D eigenvalue weighted by molar-refractivity contribution is -0.123. The van der Waals surface area contributed by atoms with Crippen molar-refractivity contribution < 1.29 is 4.79 Å². The second kappa shape index (κ2) is 4.36. The number of nitrogens with two attached hydrogens (primary N) is 1. The number of nitrogens with one attached hydrogen (secondary N) is 1. The van der Waals surface area contributed by atoms with Crippen LogP contribution in [0, 0.1) is 17.3 Å². The number of carbonyl (C=O) groups excluding carboxylic acids is 1. The van der Waals surface area contributed by atoms with Gasteiger partial charge in [-0.3, -0.25) is 4.79 Å². The second-order valence-electron chi connectivity index (χ2n) is 6.09. The van der Waals surface area contributed by atoms with Gasteiger partial charge >= 0.3 is 0 Å². The van der Waals surface area contributed by atoms with Gasteiger partial charge in [0.2, 0.25) is 5.91 Å². The highest BCUT2D eigenvalue weighted by Crippen LogP contribution is 2.60. The van der Waals surface area contributed by atoms with Crippen LogP contribution in [0.15, 0.2) is 0 Å². The van der Waals surface area contributed by atoms with Crippen molar-refractivity contribution >= 4 is 5.91 Å². The van der Waals surface area contributed by atoms with Crippen molar-refractivity contribution in [2.24, 2.45) is 23.0 Å². The normalized spacial score (nSPS) is 24.2. The summed E-state index contributed by atoms with van der Waals surface area (Å²) >= 11 is 0. The van der Waals surface area contributed by atoms with Gasteiger partial charge < -0.3 is 11.1 Å². The van der Waals surface area contributed by atoms with Crippen molar-refractivity contribution in [2.75, 3.05) is 6.54 Å². The minimum atomic E-state index is -0.324. The molecule has 2 aliphatic rings. The van der Waals surface area contributed by atoms with Gasteiger partial charge in [0.1, 0.15) is 0 Å². The lowest BCUT2D eigenvalue weighted by Crippen LogP contribution is -2.43. The minimum absolute atomic E-state index is 0.0422. The molecule has 3 N–H and O–H groups in total. The zero-order valence-electron chi connectivity index (χ0n) is 10.5. The third-order valence-electron chi connectivity index (χ3n) is 4.01. The molecule has 2 fully saturated rings. The first kappa shape index (κ1) is 11.9. The second-order valence-corrected chi connectivity index (χ2v) is 6.09. The smallest absolute Gasteiger partial charge is 0.236 e. The molecule has 0 unspecified atom stereocenters. The lowest BCUT2D eigenvalue weighted by atomic mass is 10.00. The van der Waals surface area contributed by atoms with Crippen LogP contribution in [0.25, 0.3) is 0 Å². The molecule has 2 aliphatic carbocycles. The van der Waals surface area contributed by atoms with Gasteiger partial charge in [-0.15, -0.1) is 0 Å². The van der Waals surface area contributed by atoms with Crippen LogP contribution in [-0.4, -0.2) is 18.5 Å². The van der Waals surface area contributed by atoms with Gasteiger partial charge in [-0.1, -0.05) is 13.8 Å². The highest BCUT2D eigenvalue weighted by atomic mass is 16.2. The topological polar surface area (TPSA) is 55.1 Å². The molecule has 92 valence electrons. The Bertz CT molecular complexity index is 267. The zero-order chi connectivity index (χ0) is 11.8. The molecule has 0 saturated heterocycles. The van der Waals surface area contributed by atoms with Crippen LogP contribution in [0.4, 0.5) is 0 Å². The molecule has 0 bridgehead atoms. The molecule has 0 aromatic carbocycles.